The molecule has 1 spiro atoms. The minimum atomic E-state index is -1.28. The molecule has 0 aromatic heterocycles. The highest BCUT2D eigenvalue weighted by Crippen LogP contribution is 2.54. The zero-order valence-electron chi connectivity index (χ0n) is 16.8. The molecular weight excluding hydrogens is 388 g/mol. The molecule has 29 heavy (non-hydrogen) atoms. The number of hydrazone groups is 1. The Balaban J connectivity index is 1.90. The molecule has 0 unspecified atom stereocenters. The predicted octanol–water partition coefficient (Wildman–Crippen LogP) is 4.18. The van der Waals surface area contributed by atoms with Crippen molar-refractivity contribution in [2.24, 2.45) is 5.10 Å². The number of nitrogens with zero attached hydrogens (tertiary/aromatic N) is 2. The second-order valence-corrected chi connectivity index (χ2v) is 8.64. The van der Waals surface area contributed by atoms with Gasteiger partial charge in [-0.2, -0.15) is 5.10 Å². The Kier molecular flexibility index (Phi) is 4.65. The molecule has 0 aliphatic carbocycles. The third-order valence-corrected chi connectivity index (χ3v) is 6.67. The van der Waals surface area contributed by atoms with E-state index in [-0.39, 0.29) is 17.4 Å². The van der Waals surface area contributed by atoms with Crippen LogP contribution in [-0.4, -0.2) is 33.9 Å². The number of aryl methyl sites for hydroxylation is 1. The number of ketones is 1. The number of hydrogen-bond acceptors (Lipinski definition) is 7. The Morgan fingerprint density at radius 3 is 2.55 bits per heavy atom. The Morgan fingerprint density at radius 1 is 1.17 bits per heavy atom. The summed E-state index contributed by atoms with van der Waals surface area (Å²) in [5.41, 5.74) is 1.27. The first-order chi connectivity index (χ1) is 13.8. The van der Waals surface area contributed by atoms with Gasteiger partial charge in [0.05, 0.1) is 17.9 Å². The topological polar surface area (TPSA) is 68.2 Å². The van der Waals surface area contributed by atoms with E-state index in [2.05, 4.69) is 5.10 Å². The number of fused-ring (bicyclic) bond motifs is 1. The van der Waals surface area contributed by atoms with Crippen LogP contribution in [0.4, 0.5) is 5.69 Å². The highest BCUT2D eigenvalue weighted by atomic mass is 32.2. The number of para-hydroxylation sites is 1. The van der Waals surface area contributed by atoms with Gasteiger partial charge >= 0.3 is 5.97 Å². The molecule has 0 bridgehead atoms. The molecular formula is C22H22N2O4S. The van der Waals surface area contributed by atoms with Gasteiger partial charge in [0.1, 0.15) is 11.4 Å². The zero-order chi connectivity index (χ0) is 20.8. The monoisotopic (exact) mass is 410 g/mol. The summed E-state index contributed by atoms with van der Waals surface area (Å²) in [5, 5.41) is 6.29. The molecule has 150 valence electrons. The van der Waals surface area contributed by atoms with Gasteiger partial charge < -0.3 is 9.47 Å². The van der Waals surface area contributed by atoms with Crippen molar-refractivity contribution in [2.45, 2.75) is 38.2 Å². The number of rotatable bonds is 3. The van der Waals surface area contributed by atoms with Gasteiger partial charge in [0, 0.05) is 0 Å². The van der Waals surface area contributed by atoms with Crippen molar-refractivity contribution in [3.63, 3.8) is 0 Å². The number of thioether (sulfide) groups is 1. The summed E-state index contributed by atoms with van der Waals surface area (Å²) in [6.07, 6.45) is 0. The maximum absolute atomic E-state index is 13.9. The van der Waals surface area contributed by atoms with Crippen molar-refractivity contribution in [2.75, 3.05) is 11.6 Å². The van der Waals surface area contributed by atoms with Crippen molar-refractivity contribution in [3.8, 4) is 5.75 Å². The predicted molar refractivity (Wildman–Crippen MR) is 114 cm³/mol. The van der Waals surface area contributed by atoms with Crippen molar-refractivity contribution < 1.29 is 19.1 Å². The standard InChI is InChI=1S/C22H22N2O4S/c1-5-27-20(26)19-23-24(15-12-10-14(2)11-13-15)22(29-19)18(25)16-8-6-7-9-17(16)28-21(22,3)4/h6-13H,5H2,1-4H3/t22-/m1/s1. The van der Waals surface area contributed by atoms with E-state index < -0.39 is 16.4 Å². The third kappa shape index (κ3) is 2.92. The molecule has 2 aliphatic heterocycles. The minimum absolute atomic E-state index is 0.136. The van der Waals surface area contributed by atoms with Gasteiger partial charge in [0.15, 0.2) is 0 Å². The Bertz CT molecular complexity index is 1020. The summed E-state index contributed by atoms with van der Waals surface area (Å²) in [6.45, 7) is 7.64. The highest BCUT2D eigenvalue weighted by Gasteiger charge is 2.65. The Labute approximate surface area is 173 Å². The van der Waals surface area contributed by atoms with Crippen molar-refractivity contribution in [3.05, 3.63) is 59.7 Å². The Hall–Kier alpha value is -2.80. The van der Waals surface area contributed by atoms with E-state index in [0.29, 0.717) is 17.0 Å². The van der Waals surface area contributed by atoms with E-state index in [9.17, 15) is 9.59 Å². The molecule has 0 amide bonds. The number of carbonyl (C=O) groups excluding carboxylic acids is 2. The molecule has 0 radical (unpaired) electrons. The van der Waals surface area contributed by atoms with E-state index in [1.165, 1.54) is 0 Å². The van der Waals surface area contributed by atoms with Crippen LogP contribution in [0.25, 0.3) is 0 Å². The summed E-state index contributed by atoms with van der Waals surface area (Å²) in [5.74, 6) is -0.172. The molecule has 2 aromatic carbocycles. The van der Waals surface area contributed by atoms with Gasteiger partial charge in [0.2, 0.25) is 15.7 Å². The van der Waals surface area contributed by atoms with Crippen LogP contribution in [0.3, 0.4) is 0 Å². The fraction of sp³-hybridized carbons (Fsp3) is 0.318. The summed E-state index contributed by atoms with van der Waals surface area (Å²) in [4.78, 5) is 25.1. The summed E-state index contributed by atoms with van der Waals surface area (Å²) in [7, 11) is 0. The van der Waals surface area contributed by atoms with Gasteiger partial charge in [-0.25, -0.2) is 9.80 Å². The van der Waals surface area contributed by atoms with Crippen LogP contribution >= 0.6 is 11.8 Å². The minimum Gasteiger partial charge on any atom is -0.483 e. The number of carbonyl (C=O) groups is 2. The van der Waals surface area contributed by atoms with Crippen molar-refractivity contribution in [1.82, 2.24) is 0 Å². The number of hydrogen-bond donors (Lipinski definition) is 0. The van der Waals surface area contributed by atoms with Crippen LogP contribution in [0.1, 0.15) is 36.7 Å². The molecule has 1 atom stereocenters. The lowest BCUT2D eigenvalue weighted by Crippen LogP contribution is -2.66. The number of benzene rings is 2. The normalized spacial score (nSPS) is 22.1. The number of Topliss-reactive ketones (excluding diaryl/α,β-unsaturated/α-hetero) is 1. The van der Waals surface area contributed by atoms with Crippen LogP contribution in [0.5, 0.6) is 5.75 Å². The van der Waals surface area contributed by atoms with Crippen LogP contribution in [0.15, 0.2) is 53.6 Å². The second kappa shape index (κ2) is 6.91. The molecule has 2 aliphatic rings. The molecule has 6 nitrogen and oxygen atoms in total. The average molecular weight is 410 g/mol. The number of esters is 1. The number of ether oxygens (including phenoxy) is 2. The fourth-order valence-corrected chi connectivity index (χ4v) is 4.90. The van der Waals surface area contributed by atoms with Crippen molar-refractivity contribution >= 4 is 34.2 Å². The van der Waals surface area contributed by atoms with Crippen LogP contribution in [0, 0.1) is 6.92 Å². The Morgan fingerprint density at radius 2 is 1.86 bits per heavy atom. The van der Waals surface area contributed by atoms with Crippen LogP contribution in [0.2, 0.25) is 0 Å². The molecule has 0 saturated carbocycles. The first kappa shape index (κ1) is 19.5. The largest absolute Gasteiger partial charge is 0.483 e. The lowest BCUT2D eigenvalue weighted by molar-refractivity contribution is -0.134. The van der Waals surface area contributed by atoms with Gasteiger partial charge in [0.25, 0.3) is 0 Å². The average Bonchev–Trinajstić information content (AvgIpc) is 3.10. The van der Waals surface area contributed by atoms with Crippen molar-refractivity contribution in [1.29, 1.82) is 0 Å². The molecule has 7 heteroatoms. The number of anilines is 1. The maximum Gasteiger partial charge on any atom is 0.365 e. The van der Waals surface area contributed by atoms with E-state index in [4.69, 9.17) is 9.47 Å². The summed E-state index contributed by atoms with van der Waals surface area (Å²) in [6, 6.07) is 14.8. The smallest absolute Gasteiger partial charge is 0.365 e. The molecule has 0 saturated heterocycles. The van der Waals surface area contributed by atoms with E-state index in [0.717, 1.165) is 17.3 Å². The van der Waals surface area contributed by atoms with Crippen LogP contribution in [-0.2, 0) is 9.53 Å². The zero-order valence-corrected chi connectivity index (χ0v) is 17.6. The molecule has 2 heterocycles. The SMILES string of the molecule is CCOC(=O)C1=NN(c2ccc(C)cc2)[C@@]2(S1)C(=O)c1ccccc1OC2(C)C. The quantitative estimate of drug-likeness (QED) is 0.708. The van der Waals surface area contributed by atoms with E-state index in [1.54, 1.807) is 30.1 Å². The third-order valence-electron chi connectivity index (χ3n) is 5.08. The van der Waals surface area contributed by atoms with E-state index >= 15 is 0 Å². The van der Waals surface area contributed by atoms with Gasteiger partial charge in [-0.3, -0.25) is 4.79 Å². The molecule has 4 rings (SSSR count). The first-order valence-electron chi connectivity index (χ1n) is 9.44. The molecule has 0 N–H and O–H groups in total. The lowest BCUT2D eigenvalue weighted by atomic mass is 9.85. The van der Waals surface area contributed by atoms with E-state index in [1.807, 2.05) is 51.1 Å². The van der Waals surface area contributed by atoms with Gasteiger partial charge in [-0.05, 0) is 52.0 Å². The fourth-order valence-electron chi connectivity index (χ4n) is 3.63. The van der Waals surface area contributed by atoms with Gasteiger partial charge in [-0.15, -0.1) is 0 Å². The second-order valence-electron chi connectivity index (χ2n) is 7.46. The highest BCUT2D eigenvalue weighted by molar-refractivity contribution is 8.17. The lowest BCUT2D eigenvalue weighted by Gasteiger charge is -2.49. The van der Waals surface area contributed by atoms with Gasteiger partial charge in [-0.1, -0.05) is 41.6 Å². The summed E-state index contributed by atoms with van der Waals surface area (Å²) < 4.78 is 11.4. The maximum atomic E-state index is 13.9. The molecule has 0 fully saturated rings. The van der Waals surface area contributed by atoms with Crippen LogP contribution < -0.4 is 9.75 Å². The first-order valence-corrected chi connectivity index (χ1v) is 10.3. The molecule has 2 aromatic rings. The summed E-state index contributed by atoms with van der Waals surface area (Å²) >= 11 is 1.09.